The zero-order chi connectivity index (χ0) is 17.2. The molecule has 0 radical (unpaired) electrons. The van der Waals surface area contributed by atoms with Gasteiger partial charge in [-0.1, -0.05) is 48.0 Å². The van der Waals surface area contributed by atoms with Gasteiger partial charge in [0.25, 0.3) is 5.91 Å². The maximum absolute atomic E-state index is 12.5. The fourth-order valence-electron chi connectivity index (χ4n) is 2.73. The zero-order valence-corrected chi connectivity index (χ0v) is 13.7. The van der Waals surface area contributed by atoms with Gasteiger partial charge in [0, 0.05) is 23.5 Å². The van der Waals surface area contributed by atoms with E-state index in [1.807, 2.05) is 66.1 Å². The van der Waals surface area contributed by atoms with Crippen molar-refractivity contribution in [1.82, 2.24) is 14.4 Å². The van der Waals surface area contributed by atoms with E-state index in [1.165, 1.54) is 5.56 Å². The number of aryl methyl sites for hydroxylation is 1. The molecule has 122 valence electrons. The number of amides is 1. The van der Waals surface area contributed by atoms with E-state index in [-0.39, 0.29) is 5.91 Å². The molecule has 0 spiro atoms. The fraction of sp³-hybridized carbons (Fsp3) is 0.0500. The van der Waals surface area contributed by atoms with E-state index in [1.54, 1.807) is 18.3 Å². The minimum Gasteiger partial charge on any atom is -0.305 e. The number of aromatic nitrogens is 3. The van der Waals surface area contributed by atoms with Gasteiger partial charge in [-0.15, -0.1) is 0 Å². The Kier molecular flexibility index (Phi) is 3.74. The molecule has 0 saturated carbocycles. The van der Waals surface area contributed by atoms with Gasteiger partial charge in [0.05, 0.1) is 5.69 Å². The lowest BCUT2D eigenvalue weighted by Gasteiger charge is -2.07. The molecule has 0 unspecified atom stereocenters. The number of imidazole rings is 1. The van der Waals surface area contributed by atoms with Crippen LogP contribution in [0.2, 0.25) is 0 Å². The maximum Gasteiger partial charge on any atom is 0.256 e. The van der Waals surface area contributed by atoms with Gasteiger partial charge in [0.1, 0.15) is 0 Å². The molecule has 0 atom stereocenters. The number of anilines is 1. The Hall–Kier alpha value is -3.47. The first-order valence-electron chi connectivity index (χ1n) is 7.99. The highest BCUT2D eigenvalue weighted by Crippen LogP contribution is 2.29. The third kappa shape index (κ3) is 2.87. The van der Waals surface area contributed by atoms with E-state index >= 15 is 0 Å². The van der Waals surface area contributed by atoms with Crippen molar-refractivity contribution in [2.24, 2.45) is 0 Å². The molecule has 0 bridgehead atoms. The second-order valence-corrected chi connectivity index (χ2v) is 5.78. The van der Waals surface area contributed by atoms with Crippen LogP contribution in [0.1, 0.15) is 15.9 Å². The van der Waals surface area contributed by atoms with Crippen molar-refractivity contribution in [2.75, 3.05) is 5.32 Å². The van der Waals surface area contributed by atoms with Crippen molar-refractivity contribution in [3.8, 4) is 11.3 Å². The smallest absolute Gasteiger partial charge is 0.256 e. The monoisotopic (exact) mass is 328 g/mol. The molecule has 0 aliphatic rings. The highest BCUT2D eigenvalue weighted by Gasteiger charge is 2.17. The average Bonchev–Trinajstić information content (AvgIpc) is 3.01. The van der Waals surface area contributed by atoms with Crippen LogP contribution in [0.4, 0.5) is 5.82 Å². The summed E-state index contributed by atoms with van der Waals surface area (Å²) in [7, 11) is 0. The predicted octanol–water partition coefficient (Wildman–Crippen LogP) is 3.96. The largest absolute Gasteiger partial charge is 0.305 e. The first-order chi connectivity index (χ1) is 12.2. The van der Waals surface area contributed by atoms with Crippen LogP contribution in [-0.2, 0) is 0 Å². The van der Waals surface area contributed by atoms with Crippen LogP contribution < -0.4 is 5.32 Å². The van der Waals surface area contributed by atoms with E-state index in [9.17, 15) is 4.79 Å². The van der Waals surface area contributed by atoms with E-state index in [4.69, 9.17) is 0 Å². The van der Waals surface area contributed by atoms with Crippen molar-refractivity contribution < 1.29 is 4.79 Å². The highest BCUT2D eigenvalue weighted by atomic mass is 16.1. The number of nitrogens with one attached hydrogen (secondary N) is 1. The van der Waals surface area contributed by atoms with Crippen LogP contribution in [0.5, 0.6) is 0 Å². The Morgan fingerprint density at radius 2 is 1.76 bits per heavy atom. The molecule has 25 heavy (non-hydrogen) atoms. The lowest BCUT2D eigenvalue weighted by atomic mass is 10.1. The summed E-state index contributed by atoms with van der Waals surface area (Å²) in [6.07, 6.45) is 3.58. The molecule has 4 rings (SSSR count). The third-order valence-electron chi connectivity index (χ3n) is 4.00. The van der Waals surface area contributed by atoms with Crippen molar-refractivity contribution in [3.63, 3.8) is 0 Å². The molecule has 1 amide bonds. The van der Waals surface area contributed by atoms with Crippen LogP contribution in [0.3, 0.4) is 0 Å². The summed E-state index contributed by atoms with van der Waals surface area (Å²) >= 11 is 0. The van der Waals surface area contributed by atoms with Crippen molar-refractivity contribution in [2.45, 2.75) is 6.92 Å². The number of fused-ring (bicyclic) bond motifs is 1. The number of carbonyl (C=O) groups is 1. The van der Waals surface area contributed by atoms with Crippen molar-refractivity contribution >= 4 is 17.5 Å². The summed E-state index contributed by atoms with van der Waals surface area (Å²) < 4.78 is 1.88. The third-order valence-corrected chi connectivity index (χ3v) is 4.00. The van der Waals surface area contributed by atoms with Crippen LogP contribution >= 0.6 is 0 Å². The minimum atomic E-state index is -0.197. The van der Waals surface area contributed by atoms with Crippen LogP contribution in [0, 0.1) is 6.92 Å². The number of nitrogens with zero attached hydrogens (tertiary/aromatic N) is 3. The maximum atomic E-state index is 12.5. The Morgan fingerprint density at radius 1 is 1.00 bits per heavy atom. The summed E-state index contributed by atoms with van der Waals surface area (Å²) in [5, 5.41) is 2.92. The molecule has 0 aliphatic carbocycles. The van der Waals surface area contributed by atoms with Crippen LogP contribution in [-0.4, -0.2) is 20.3 Å². The lowest BCUT2D eigenvalue weighted by Crippen LogP contribution is -2.12. The number of benzene rings is 2. The summed E-state index contributed by atoms with van der Waals surface area (Å²) in [6, 6.07) is 19.0. The molecule has 5 nitrogen and oxygen atoms in total. The molecule has 0 aliphatic heterocycles. The molecule has 1 N–H and O–H groups in total. The lowest BCUT2D eigenvalue weighted by molar-refractivity contribution is 0.102. The van der Waals surface area contributed by atoms with Crippen molar-refractivity contribution in [3.05, 3.63) is 84.2 Å². The van der Waals surface area contributed by atoms with Gasteiger partial charge in [0.2, 0.25) is 5.78 Å². The molecule has 2 heterocycles. The first-order valence-corrected chi connectivity index (χ1v) is 7.99. The predicted molar refractivity (Wildman–Crippen MR) is 97.6 cm³/mol. The molecular formula is C20H16N4O. The van der Waals surface area contributed by atoms with Gasteiger partial charge in [0.15, 0.2) is 5.82 Å². The quantitative estimate of drug-likeness (QED) is 0.619. The fourth-order valence-corrected chi connectivity index (χ4v) is 2.73. The van der Waals surface area contributed by atoms with Gasteiger partial charge < -0.3 is 5.32 Å². The Bertz CT molecular complexity index is 1040. The van der Waals surface area contributed by atoms with Crippen LogP contribution in [0.25, 0.3) is 17.0 Å². The van der Waals surface area contributed by atoms with Gasteiger partial charge in [-0.25, -0.2) is 4.98 Å². The van der Waals surface area contributed by atoms with Crippen LogP contribution in [0.15, 0.2) is 73.1 Å². The van der Waals surface area contributed by atoms with Crippen molar-refractivity contribution in [1.29, 1.82) is 0 Å². The van der Waals surface area contributed by atoms with E-state index < -0.39 is 0 Å². The SMILES string of the molecule is Cc1ccc(-c2c(NC(=O)c3ccccc3)nc3ncccn23)cc1. The molecule has 2 aromatic heterocycles. The molecule has 4 aromatic rings. The molecule has 2 aromatic carbocycles. The molecule has 0 saturated heterocycles. The topological polar surface area (TPSA) is 59.3 Å². The number of hydrogen-bond acceptors (Lipinski definition) is 3. The average molecular weight is 328 g/mol. The zero-order valence-electron chi connectivity index (χ0n) is 13.7. The van der Waals surface area contributed by atoms with Gasteiger partial charge in [-0.05, 0) is 25.1 Å². The first kappa shape index (κ1) is 15.1. The number of rotatable bonds is 3. The summed E-state index contributed by atoms with van der Waals surface area (Å²) in [5.74, 6) is 0.843. The second-order valence-electron chi connectivity index (χ2n) is 5.78. The molecular weight excluding hydrogens is 312 g/mol. The van der Waals surface area contributed by atoms with Gasteiger partial charge >= 0.3 is 0 Å². The van der Waals surface area contributed by atoms with E-state index in [0.29, 0.717) is 17.2 Å². The summed E-state index contributed by atoms with van der Waals surface area (Å²) in [6.45, 7) is 2.04. The van der Waals surface area contributed by atoms with E-state index in [2.05, 4.69) is 15.3 Å². The number of carbonyl (C=O) groups excluding carboxylic acids is 1. The summed E-state index contributed by atoms with van der Waals surface area (Å²) in [4.78, 5) is 21.3. The normalized spacial score (nSPS) is 10.8. The summed E-state index contributed by atoms with van der Waals surface area (Å²) in [5.41, 5.74) is 3.54. The highest BCUT2D eigenvalue weighted by molar-refractivity contribution is 6.05. The van der Waals surface area contributed by atoms with Gasteiger partial charge in [-0.3, -0.25) is 9.20 Å². The second kappa shape index (κ2) is 6.20. The van der Waals surface area contributed by atoms with Gasteiger partial charge in [-0.2, -0.15) is 4.98 Å². The Balaban J connectivity index is 1.82. The number of hydrogen-bond donors (Lipinski definition) is 1. The standard InChI is InChI=1S/C20H16N4O/c1-14-8-10-15(11-9-14)17-18(23-20-21-12-5-13-24(17)20)22-19(25)16-6-3-2-4-7-16/h2-13H,1H3,(H,22,25). The van der Waals surface area contributed by atoms with E-state index in [0.717, 1.165) is 11.3 Å². The Labute approximate surface area is 145 Å². The molecule has 0 fully saturated rings. The minimum absolute atomic E-state index is 0.197. The molecule has 5 heteroatoms. The Morgan fingerprint density at radius 3 is 2.52 bits per heavy atom.